The number of aryl methyl sites for hydroxylation is 1. The number of carbonyl (C=O) groups is 1. The SMILES string of the molecule is CCCNc1nc(C)cc(C(=O)N(C)c2ccccc2)n1. The maximum atomic E-state index is 12.5. The van der Waals surface area contributed by atoms with Crippen LogP contribution in [0.2, 0.25) is 0 Å². The summed E-state index contributed by atoms with van der Waals surface area (Å²) in [6.07, 6.45) is 0.977. The van der Waals surface area contributed by atoms with Gasteiger partial charge in [0.1, 0.15) is 5.69 Å². The summed E-state index contributed by atoms with van der Waals surface area (Å²) in [5.41, 5.74) is 2.00. The molecule has 0 spiro atoms. The predicted molar refractivity (Wildman–Crippen MR) is 84.7 cm³/mol. The van der Waals surface area contributed by atoms with Gasteiger partial charge in [-0.1, -0.05) is 25.1 Å². The maximum Gasteiger partial charge on any atom is 0.276 e. The van der Waals surface area contributed by atoms with Crippen molar-refractivity contribution >= 4 is 17.5 Å². The number of amides is 1. The van der Waals surface area contributed by atoms with Crippen molar-refractivity contribution in [3.05, 3.63) is 47.8 Å². The minimum Gasteiger partial charge on any atom is -0.354 e. The zero-order chi connectivity index (χ0) is 15.2. The highest BCUT2D eigenvalue weighted by Crippen LogP contribution is 2.15. The molecule has 2 rings (SSSR count). The molecule has 110 valence electrons. The van der Waals surface area contributed by atoms with E-state index in [1.807, 2.05) is 37.3 Å². The summed E-state index contributed by atoms with van der Waals surface area (Å²) in [7, 11) is 1.74. The lowest BCUT2D eigenvalue weighted by atomic mass is 10.2. The number of nitrogens with zero attached hydrogens (tertiary/aromatic N) is 3. The number of rotatable bonds is 5. The molecule has 1 amide bonds. The van der Waals surface area contributed by atoms with Gasteiger partial charge in [-0.3, -0.25) is 4.79 Å². The second-order valence-electron chi connectivity index (χ2n) is 4.84. The molecule has 0 aliphatic rings. The summed E-state index contributed by atoms with van der Waals surface area (Å²) in [5, 5.41) is 3.12. The van der Waals surface area contributed by atoms with Gasteiger partial charge in [-0.25, -0.2) is 9.97 Å². The summed E-state index contributed by atoms with van der Waals surface area (Å²) in [4.78, 5) is 22.7. The van der Waals surface area contributed by atoms with Crippen molar-refractivity contribution in [2.75, 3.05) is 23.8 Å². The Labute approximate surface area is 125 Å². The van der Waals surface area contributed by atoms with Crippen molar-refractivity contribution in [3.63, 3.8) is 0 Å². The maximum absolute atomic E-state index is 12.5. The van der Waals surface area contributed by atoms with Gasteiger partial charge in [-0.05, 0) is 31.5 Å². The molecule has 5 heteroatoms. The van der Waals surface area contributed by atoms with Crippen LogP contribution in [0.1, 0.15) is 29.5 Å². The van der Waals surface area contributed by atoms with Crippen LogP contribution in [0.5, 0.6) is 0 Å². The molecule has 1 N–H and O–H groups in total. The van der Waals surface area contributed by atoms with Gasteiger partial charge in [0.15, 0.2) is 0 Å². The van der Waals surface area contributed by atoms with Gasteiger partial charge in [0, 0.05) is 25.0 Å². The monoisotopic (exact) mass is 284 g/mol. The fourth-order valence-corrected chi connectivity index (χ4v) is 1.93. The molecule has 0 aliphatic carbocycles. The topological polar surface area (TPSA) is 58.1 Å². The van der Waals surface area contributed by atoms with Crippen molar-refractivity contribution in [2.24, 2.45) is 0 Å². The molecule has 21 heavy (non-hydrogen) atoms. The molecule has 0 atom stereocenters. The summed E-state index contributed by atoms with van der Waals surface area (Å²) in [6, 6.07) is 11.2. The minimum atomic E-state index is -0.147. The largest absolute Gasteiger partial charge is 0.354 e. The Morgan fingerprint density at radius 1 is 1.24 bits per heavy atom. The number of carbonyl (C=O) groups excluding carboxylic acids is 1. The number of nitrogens with one attached hydrogen (secondary N) is 1. The van der Waals surface area contributed by atoms with Crippen LogP contribution in [0.3, 0.4) is 0 Å². The second kappa shape index (κ2) is 6.83. The summed E-state index contributed by atoms with van der Waals surface area (Å²) in [6.45, 7) is 4.71. The fourth-order valence-electron chi connectivity index (χ4n) is 1.93. The standard InChI is InChI=1S/C16H20N4O/c1-4-10-17-16-18-12(2)11-14(19-16)15(21)20(3)13-8-6-5-7-9-13/h5-9,11H,4,10H2,1-3H3,(H,17,18,19). The molecule has 0 saturated carbocycles. The zero-order valence-electron chi connectivity index (χ0n) is 12.6. The van der Waals surface area contributed by atoms with E-state index in [-0.39, 0.29) is 5.91 Å². The molecule has 0 radical (unpaired) electrons. The Kier molecular flexibility index (Phi) is 4.87. The summed E-state index contributed by atoms with van der Waals surface area (Å²) >= 11 is 0. The average molecular weight is 284 g/mol. The van der Waals surface area contributed by atoms with Crippen molar-refractivity contribution in [1.82, 2.24) is 9.97 Å². The average Bonchev–Trinajstić information content (AvgIpc) is 2.51. The van der Waals surface area contributed by atoms with E-state index >= 15 is 0 Å². The predicted octanol–water partition coefficient (Wildman–Crippen LogP) is 2.88. The number of anilines is 2. The molecule has 1 aromatic heterocycles. The third-order valence-electron chi connectivity index (χ3n) is 3.05. The van der Waals surface area contributed by atoms with Crippen LogP contribution in [0.25, 0.3) is 0 Å². The molecular formula is C16H20N4O. The number of hydrogen-bond donors (Lipinski definition) is 1. The third kappa shape index (κ3) is 3.78. The molecule has 5 nitrogen and oxygen atoms in total. The zero-order valence-corrected chi connectivity index (χ0v) is 12.6. The Balaban J connectivity index is 2.24. The van der Waals surface area contributed by atoms with Gasteiger partial charge in [0.25, 0.3) is 5.91 Å². The minimum absolute atomic E-state index is 0.147. The van der Waals surface area contributed by atoms with E-state index in [9.17, 15) is 4.79 Å². The van der Waals surface area contributed by atoms with E-state index in [2.05, 4.69) is 22.2 Å². The highest BCUT2D eigenvalue weighted by Gasteiger charge is 2.16. The van der Waals surface area contributed by atoms with Crippen molar-refractivity contribution < 1.29 is 4.79 Å². The lowest BCUT2D eigenvalue weighted by Gasteiger charge is -2.17. The smallest absolute Gasteiger partial charge is 0.276 e. The molecule has 0 unspecified atom stereocenters. The first-order valence-electron chi connectivity index (χ1n) is 7.04. The van der Waals surface area contributed by atoms with Gasteiger partial charge in [0.05, 0.1) is 0 Å². The first-order chi connectivity index (χ1) is 10.1. The van der Waals surface area contributed by atoms with Gasteiger partial charge in [-0.15, -0.1) is 0 Å². The Morgan fingerprint density at radius 3 is 2.62 bits per heavy atom. The number of hydrogen-bond acceptors (Lipinski definition) is 4. The fraction of sp³-hybridized carbons (Fsp3) is 0.312. The molecule has 2 aromatic rings. The quantitative estimate of drug-likeness (QED) is 0.917. The summed E-state index contributed by atoms with van der Waals surface area (Å²) < 4.78 is 0. The Hall–Kier alpha value is -2.43. The van der Waals surface area contributed by atoms with Crippen LogP contribution in [-0.2, 0) is 0 Å². The van der Waals surface area contributed by atoms with Crippen LogP contribution in [0, 0.1) is 6.92 Å². The van der Waals surface area contributed by atoms with Crippen molar-refractivity contribution in [1.29, 1.82) is 0 Å². The van der Waals surface area contributed by atoms with E-state index in [0.717, 1.165) is 24.3 Å². The highest BCUT2D eigenvalue weighted by molar-refractivity contribution is 6.04. The van der Waals surface area contributed by atoms with Gasteiger partial charge < -0.3 is 10.2 Å². The van der Waals surface area contributed by atoms with E-state index in [1.54, 1.807) is 18.0 Å². The first kappa shape index (κ1) is 15.0. The number of para-hydroxylation sites is 1. The lowest BCUT2D eigenvalue weighted by molar-refractivity contribution is 0.0988. The van der Waals surface area contributed by atoms with E-state index in [1.165, 1.54) is 0 Å². The number of benzene rings is 1. The van der Waals surface area contributed by atoms with Gasteiger partial charge >= 0.3 is 0 Å². The van der Waals surface area contributed by atoms with Crippen molar-refractivity contribution in [3.8, 4) is 0 Å². The normalized spacial score (nSPS) is 10.2. The summed E-state index contributed by atoms with van der Waals surface area (Å²) in [5.74, 6) is 0.355. The second-order valence-corrected chi connectivity index (χ2v) is 4.84. The van der Waals surface area contributed by atoms with Gasteiger partial charge in [0.2, 0.25) is 5.95 Å². The molecule has 0 aliphatic heterocycles. The molecule has 0 fully saturated rings. The first-order valence-corrected chi connectivity index (χ1v) is 7.04. The lowest BCUT2D eigenvalue weighted by Crippen LogP contribution is -2.27. The van der Waals surface area contributed by atoms with Crippen LogP contribution in [0.15, 0.2) is 36.4 Å². The number of aromatic nitrogens is 2. The Morgan fingerprint density at radius 2 is 1.95 bits per heavy atom. The van der Waals surface area contributed by atoms with Crippen LogP contribution in [-0.4, -0.2) is 29.5 Å². The van der Waals surface area contributed by atoms with Crippen LogP contribution in [0.4, 0.5) is 11.6 Å². The van der Waals surface area contributed by atoms with Crippen LogP contribution >= 0.6 is 0 Å². The van der Waals surface area contributed by atoms with E-state index < -0.39 is 0 Å². The molecule has 1 heterocycles. The molecule has 1 aromatic carbocycles. The Bertz CT molecular complexity index is 613. The molecule has 0 bridgehead atoms. The van der Waals surface area contributed by atoms with E-state index in [0.29, 0.717) is 11.6 Å². The van der Waals surface area contributed by atoms with Gasteiger partial charge in [-0.2, -0.15) is 0 Å². The highest BCUT2D eigenvalue weighted by atomic mass is 16.2. The molecule has 0 saturated heterocycles. The third-order valence-corrected chi connectivity index (χ3v) is 3.05. The van der Waals surface area contributed by atoms with E-state index in [4.69, 9.17) is 0 Å². The molecular weight excluding hydrogens is 264 g/mol. The van der Waals surface area contributed by atoms with Crippen molar-refractivity contribution in [2.45, 2.75) is 20.3 Å². The van der Waals surface area contributed by atoms with Crippen LogP contribution < -0.4 is 10.2 Å².